The number of aliphatic hydroxyl groups is 1. The van der Waals surface area contributed by atoms with Crippen LogP contribution in [0.15, 0.2) is 0 Å². The van der Waals surface area contributed by atoms with Crippen LogP contribution >= 0.6 is 0 Å². The van der Waals surface area contributed by atoms with E-state index >= 15 is 0 Å². The Morgan fingerprint density at radius 2 is 2.17 bits per heavy atom. The molecule has 12 heavy (non-hydrogen) atoms. The first-order valence-electron chi connectivity index (χ1n) is 4.06. The van der Waals surface area contributed by atoms with E-state index in [4.69, 9.17) is 0 Å². The molecule has 1 saturated carbocycles. The van der Waals surface area contributed by atoms with Gasteiger partial charge in [-0.15, -0.1) is 0 Å². The summed E-state index contributed by atoms with van der Waals surface area (Å²) < 4.78 is 25.1. The molecule has 1 N–H and O–H groups in total. The third kappa shape index (κ3) is 2.43. The van der Waals surface area contributed by atoms with Crippen molar-refractivity contribution < 1.29 is 17.7 Å². The van der Waals surface area contributed by atoms with Gasteiger partial charge >= 0.3 is 0 Å². The van der Waals surface area contributed by atoms with Crippen molar-refractivity contribution in [1.82, 2.24) is 0 Å². The lowest BCUT2D eigenvalue weighted by Gasteiger charge is -2.34. The molecule has 1 aliphatic carbocycles. The molecule has 0 saturated heterocycles. The summed E-state index contributed by atoms with van der Waals surface area (Å²) in [5, 5.41) is 9.69. The van der Waals surface area contributed by atoms with Crippen LogP contribution in [0.4, 0.5) is 0 Å². The predicted molar refractivity (Wildman–Crippen MR) is 44.3 cm³/mol. The summed E-state index contributed by atoms with van der Waals surface area (Å²) in [4.78, 5) is 0. The van der Waals surface area contributed by atoms with Gasteiger partial charge in [0, 0.05) is 0 Å². The first-order chi connectivity index (χ1) is 5.52. The monoisotopic (exact) mass is 194 g/mol. The summed E-state index contributed by atoms with van der Waals surface area (Å²) in [5.41, 5.74) is -0.979. The van der Waals surface area contributed by atoms with Crippen molar-refractivity contribution in [3.05, 3.63) is 0 Å². The number of hydrogen-bond donors (Lipinski definition) is 2. The second-order valence-electron chi connectivity index (χ2n) is 3.42. The summed E-state index contributed by atoms with van der Waals surface area (Å²) in [7, 11) is -2.84. The predicted octanol–water partition coefficient (Wildman–Crippen LogP) is 0.223. The van der Waals surface area contributed by atoms with Gasteiger partial charge < -0.3 is 5.11 Å². The summed E-state index contributed by atoms with van der Waals surface area (Å²) in [6.07, 6.45) is 2.54. The molecule has 0 aromatic rings. The molecule has 0 radical (unpaired) electrons. The molecule has 1 fully saturated rings. The largest absolute Gasteiger partial charge is 0.387 e. The second-order valence-corrected chi connectivity index (χ2v) is 4.08. The fourth-order valence-corrected chi connectivity index (χ4v) is 2.09. The zero-order valence-electron chi connectivity index (χ0n) is 7.02. The fourth-order valence-electron chi connectivity index (χ4n) is 1.55. The number of hydrogen-bond acceptors (Lipinski definition) is 4. The standard InChI is InChI=1S/C7H14O4S/c1-7(8)5-3-2-4-6(7)11-12(9)10/h6,8,12H,2-5H2,1H3/t6-,7+/m1/s1. The smallest absolute Gasteiger partial charge is 0.257 e. The van der Waals surface area contributed by atoms with Gasteiger partial charge in [-0.1, -0.05) is 12.8 Å². The van der Waals surface area contributed by atoms with Crippen LogP contribution in [0.5, 0.6) is 0 Å². The van der Waals surface area contributed by atoms with Crippen LogP contribution < -0.4 is 0 Å². The lowest BCUT2D eigenvalue weighted by Crippen LogP contribution is -2.43. The Labute approximate surface area is 73.7 Å². The van der Waals surface area contributed by atoms with Crippen molar-refractivity contribution in [3.63, 3.8) is 0 Å². The summed E-state index contributed by atoms with van der Waals surface area (Å²) in [6, 6.07) is 0. The van der Waals surface area contributed by atoms with E-state index in [1.165, 1.54) is 0 Å². The van der Waals surface area contributed by atoms with Gasteiger partial charge in [-0.3, -0.25) is 4.18 Å². The van der Waals surface area contributed by atoms with Crippen LogP contribution in [0.1, 0.15) is 32.6 Å². The fraction of sp³-hybridized carbons (Fsp3) is 1.00. The number of thiol groups is 1. The van der Waals surface area contributed by atoms with Crippen molar-refractivity contribution in [3.8, 4) is 0 Å². The second kappa shape index (κ2) is 3.72. The van der Waals surface area contributed by atoms with E-state index in [9.17, 15) is 13.5 Å². The minimum Gasteiger partial charge on any atom is -0.387 e. The molecule has 0 spiro atoms. The first-order valence-corrected chi connectivity index (χ1v) is 5.15. The van der Waals surface area contributed by atoms with Crippen molar-refractivity contribution >= 4 is 11.0 Å². The molecule has 0 amide bonds. The van der Waals surface area contributed by atoms with Gasteiger partial charge in [-0.25, -0.2) is 8.42 Å². The Balaban J connectivity index is 2.60. The Morgan fingerprint density at radius 1 is 1.50 bits per heavy atom. The zero-order chi connectivity index (χ0) is 9.19. The van der Waals surface area contributed by atoms with Crippen molar-refractivity contribution in [1.29, 1.82) is 0 Å². The van der Waals surface area contributed by atoms with Crippen LogP contribution in [0, 0.1) is 0 Å². The summed E-state index contributed by atoms with van der Waals surface area (Å²) in [6.45, 7) is 1.62. The molecule has 0 heterocycles. The lowest BCUT2D eigenvalue weighted by atomic mass is 9.84. The van der Waals surface area contributed by atoms with Gasteiger partial charge in [0.2, 0.25) is 0 Å². The van der Waals surface area contributed by atoms with Crippen molar-refractivity contribution in [2.75, 3.05) is 0 Å². The first kappa shape index (κ1) is 9.95. The maximum Gasteiger partial charge on any atom is 0.257 e. The van der Waals surface area contributed by atoms with E-state index in [0.717, 1.165) is 12.8 Å². The average Bonchev–Trinajstić information content (AvgIpc) is 1.92. The topological polar surface area (TPSA) is 63.6 Å². The molecule has 0 aromatic carbocycles. The van der Waals surface area contributed by atoms with E-state index in [1.807, 2.05) is 0 Å². The van der Waals surface area contributed by atoms with Gasteiger partial charge in [0.15, 0.2) is 0 Å². The highest BCUT2D eigenvalue weighted by molar-refractivity contribution is 7.67. The van der Waals surface area contributed by atoms with Crippen LogP contribution in [-0.4, -0.2) is 25.2 Å². The van der Waals surface area contributed by atoms with Gasteiger partial charge in [0.05, 0.1) is 5.60 Å². The minimum absolute atomic E-state index is 0.549. The SMILES string of the molecule is C[C@]1(O)CCCC[C@H]1O[SH](=O)=O. The highest BCUT2D eigenvalue weighted by atomic mass is 32.2. The molecule has 4 nitrogen and oxygen atoms in total. The molecule has 0 aliphatic heterocycles. The van der Waals surface area contributed by atoms with Gasteiger partial charge in [0.25, 0.3) is 11.0 Å². The van der Waals surface area contributed by atoms with Gasteiger partial charge in [-0.05, 0) is 19.8 Å². The molecule has 1 aliphatic rings. The highest BCUT2D eigenvalue weighted by Gasteiger charge is 2.35. The van der Waals surface area contributed by atoms with E-state index < -0.39 is 22.7 Å². The number of rotatable bonds is 2. The van der Waals surface area contributed by atoms with E-state index in [0.29, 0.717) is 12.8 Å². The van der Waals surface area contributed by atoms with Crippen LogP contribution in [0.3, 0.4) is 0 Å². The molecule has 2 atom stereocenters. The molecular formula is C7H14O4S. The maximum absolute atomic E-state index is 10.3. The van der Waals surface area contributed by atoms with Gasteiger partial charge in [0.1, 0.15) is 6.10 Å². The molecular weight excluding hydrogens is 180 g/mol. The van der Waals surface area contributed by atoms with E-state index in [1.54, 1.807) is 6.92 Å². The van der Waals surface area contributed by atoms with Gasteiger partial charge in [-0.2, -0.15) is 0 Å². The van der Waals surface area contributed by atoms with Crippen LogP contribution in [-0.2, 0) is 15.2 Å². The Kier molecular flexibility index (Phi) is 3.09. The quantitative estimate of drug-likeness (QED) is 0.617. The van der Waals surface area contributed by atoms with Crippen molar-refractivity contribution in [2.24, 2.45) is 0 Å². The molecule has 5 heteroatoms. The molecule has 0 aromatic heterocycles. The molecule has 1 rings (SSSR count). The van der Waals surface area contributed by atoms with E-state index in [-0.39, 0.29) is 0 Å². The van der Waals surface area contributed by atoms with Crippen molar-refractivity contribution in [2.45, 2.75) is 44.3 Å². The molecule has 0 unspecified atom stereocenters. The summed E-state index contributed by atoms with van der Waals surface area (Å²) >= 11 is 0. The lowest BCUT2D eigenvalue weighted by molar-refractivity contribution is -0.0695. The van der Waals surface area contributed by atoms with Crippen LogP contribution in [0.2, 0.25) is 0 Å². The van der Waals surface area contributed by atoms with Crippen LogP contribution in [0.25, 0.3) is 0 Å². The maximum atomic E-state index is 10.3. The normalized spacial score (nSPS) is 37.1. The third-order valence-corrected chi connectivity index (χ3v) is 2.73. The Bertz CT molecular complexity index is 213. The van der Waals surface area contributed by atoms with E-state index in [2.05, 4.69) is 4.18 Å². The highest BCUT2D eigenvalue weighted by Crippen LogP contribution is 2.30. The molecule has 0 bridgehead atoms. The Hall–Kier alpha value is -0.130. The zero-order valence-corrected chi connectivity index (χ0v) is 7.92. The molecule has 72 valence electrons. The third-order valence-electron chi connectivity index (χ3n) is 2.31. The Morgan fingerprint density at radius 3 is 2.67 bits per heavy atom. The minimum atomic E-state index is -2.84. The average molecular weight is 194 g/mol. The summed E-state index contributed by atoms with van der Waals surface area (Å²) in [5.74, 6) is 0.